The zero-order chi connectivity index (χ0) is 12.7. The van der Waals surface area contributed by atoms with E-state index in [9.17, 15) is 5.11 Å². The van der Waals surface area contributed by atoms with Crippen LogP contribution in [0.2, 0.25) is 0 Å². The molecule has 0 bridgehead atoms. The smallest absolute Gasteiger partial charge is 0.0585 e. The van der Waals surface area contributed by atoms with Crippen LogP contribution in [0.1, 0.15) is 52.9 Å². The number of hydrogen-bond donors (Lipinski definition) is 2. The largest absolute Gasteiger partial charge is 0.395 e. The van der Waals surface area contributed by atoms with Gasteiger partial charge >= 0.3 is 0 Å². The average Bonchev–Trinajstić information content (AvgIpc) is 2.34. The molecule has 3 heteroatoms. The van der Waals surface area contributed by atoms with E-state index < -0.39 is 0 Å². The van der Waals surface area contributed by atoms with Crippen LogP contribution in [-0.2, 0) is 0 Å². The molecule has 102 valence electrons. The first-order valence-corrected chi connectivity index (χ1v) is 7.28. The number of hydrogen-bond acceptors (Lipinski definition) is 3. The van der Waals surface area contributed by atoms with E-state index in [0.29, 0.717) is 6.04 Å². The molecule has 1 rings (SSSR count). The van der Waals surface area contributed by atoms with Gasteiger partial charge in [-0.1, -0.05) is 27.2 Å². The van der Waals surface area contributed by atoms with Crippen molar-refractivity contribution in [2.24, 2.45) is 0 Å². The zero-order valence-electron chi connectivity index (χ0n) is 11.8. The first-order chi connectivity index (χ1) is 8.17. The van der Waals surface area contributed by atoms with Gasteiger partial charge < -0.3 is 15.3 Å². The lowest BCUT2D eigenvalue weighted by atomic mass is 9.99. The monoisotopic (exact) mass is 242 g/mol. The lowest BCUT2D eigenvalue weighted by molar-refractivity contribution is 0.128. The highest BCUT2D eigenvalue weighted by molar-refractivity contribution is 4.78. The lowest BCUT2D eigenvalue weighted by Crippen LogP contribution is -2.44. The molecule has 0 aromatic heterocycles. The van der Waals surface area contributed by atoms with Crippen LogP contribution in [0.15, 0.2) is 0 Å². The Morgan fingerprint density at radius 2 is 2.12 bits per heavy atom. The molecular formula is C14H30N2O. The second-order valence-corrected chi connectivity index (χ2v) is 5.58. The van der Waals surface area contributed by atoms with Gasteiger partial charge in [0.25, 0.3) is 0 Å². The van der Waals surface area contributed by atoms with Gasteiger partial charge in [0, 0.05) is 18.1 Å². The van der Waals surface area contributed by atoms with Crippen molar-refractivity contribution in [2.75, 3.05) is 19.7 Å². The van der Waals surface area contributed by atoms with Crippen LogP contribution in [0.25, 0.3) is 0 Å². The average molecular weight is 242 g/mol. The summed E-state index contributed by atoms with van der Waals surface area (Å²) in [5.41, 5.74) is 0. The summed E-state index contributed by atoms with van der Waals surface area (Å²) in [7, 11) is 0. The Kier molecular flexibility index (Phi) is 7.09. The highest BCUT2D eigenvalue weighted by Crippen LogP contribution is 2.19. The molecule has 17 heavy (non-hydrogen) atoms. The minimum Gasteiger partial charge on any atom is -0.395 e. The Morgan fingerprint density at radius 1 is 1.35 bits per heavy atom. The Hall–Kier alpha value is -0.120. The van der Waals surface area contributed by atoms with Gasteiger partial charge in [0.05, 0.1) is 6.61 Å². The Labute approximate surface area is 107 Å². The summed E-state index contributed by atoms with van der Waals surface area (Å²) in [5, 5.41) is 12.8. The van der Waals surface area contributed by atoms with Crippen LogP contribution in [0.5, 0.6) is 0 Å². The number of aliphatic hydroxyl groups excluding tert-OH is 1. The quantitative estimate of drug-likeness (QED) is 0.717. The summed E-state index contributed by atoms with van der Waals surface area (Å²) in [4.78, 5) is 2.62. The summed E-state index contributed by atoms with van der Waals surface area (Å²) in [6.45, 7) is 9.19. The molecule has 1 fully saturated rings. The van der Waals surface area contributed by atoms with Gasteiger partial charge in [-0.05, 0) is 38.8 Å². The molecule has 1 heterocycles. The first-order valence-electron chi connectivity index (χ1n) is 7.28. The maximum atomic E-state index is 9.35. The minimum absolute atomic E-state index is 0.253. The van der Waals surface area contributed by atoms with Crippen LogP contribution >= 0.6 is 0 Å². The van der Waals surface area contributed by atoms with E-state index in [4.69, 9.17) is 0 Å². The van der Waals surface area contributed by atoms with Crippen molar-refractivity contribution < 1.29 is 5.11 Å². The molecule has 2 unspecified atom stereocenters. The van der Waals surface area contributed by atoms with Crippen molar-refractivity contribution in [3.63, 3.8) is 0 Å². The summed E-state index contributed by atoms with van der Waals surface area (Å²) in [5.74, 6) is 0. The molecule has 0 spiro atoms. The van der Waals surface area contributed by atoms with Crippen LogP contribution in [0.3, 0.4) is 0 Å². The van der Waals surface area contributed by atoms with Crippen molar-refractivity contribution in [2.45, 2.75) is 71.0 Å². The molecular weight excluding hydrogens is 212 g/mol. The minimum atomic E-state index is 0.253. The van der Waals surface area contributed by atoms with Gasteiger partial charge in [-0.25, -0.2) is 0 Å². The van der Waals surface area contributed by atoms with Gasteiger partial charge in [-0.3, -0.25) is 0 Å². The molecule has 0 aromatic carbocycles. The lowest BCUT2D eigenvalue weighted by Gasteiger charge is -2.36. The number of piperidine rings is 1. The summed E-state index contributed by atoms with van der Waals surface area (Å²) in [6, 6.07) is 1.49. The maximum Gasteiger partial charge on any atom is 0.0585 e. The van der Waals surface area contributed by atoms with Crippen molar-refractivity contribution >= 4 is 0 Å². The van der Waals surface area contributed by atoms with E-state index in [2.05, 4.69) is 31.0 Å². The van der Waals surface area contributed by atoms with Crippen LogP contribution in [0, 0.1) is 0 Å². The number of likely N-dealkylation sites (tertiary alicyclic amines) is 1. The van der Waals surface area contributed by atoms with E-state index >= 15 is 0 Å². The second kappa shape index (κ2) is 8.06. The third-order valence-corrected chi connectivity index (χ3v) is 3.77. The standard InChI is InChI=1S/C14H30N2O/c1-4-14-7-5-6-9-16(14)10-8-13(11-17)15-12(2)3/h12-15,17H,4-11H2,1-3H3. The topological polar surface area (TPSA) is 35.5 Å². The van der Waals surface area contributed by atoms with Crippen molar-refractivity contribution in [1.82, 2.24) is 10.2 Å². The van der Waals surface area contributed by atoms with Crippen LogP contribution in [0.4, 0.5) is 0 Å². The van der Waals surface area contributed by atoms with Gasteiger partial charge in [0.15, 0.2) is 0 Å². The SMILES string of the molecule is CCC1CCCCN1CCC(CO)NC(C)C. The maximum absolute atomic E-state index is 9.35. The first kappa shape index (κ1) is 14.9. The molecule has 0 saturated carbocycles. The Bertz CT molecular complexity index is 197. The van der Waals surface area contributed by atoms with Gasteiger partial charge in [-0.15, -0.1) is 0 Å². The predicted molar refractivity (Wildman–Crippen MR) is 73.3 cm³/mol. The molecule has 1 aliphatic rings. The summed E-state index contributed by atoms with van der Waals surface area (Å²) >= 11 is 0. The van der Waals surface area contributed by atoms with Gasteiger partial charge in [0.2, 0.25) is 0 Å². The van der Waals surface area contributed by atoms with E-state index in [0.717, 1.165) is 19.0 Å². The summed E-state index contributed by atoms with van der Waals surface area (Å²) < 4.78 is 0. The highest BCUT2D eigenvalue weighted by atomic mass is 16.3. The number of aliphatic hydroxyl groups is 1. The third-order valence-electron chi connectivity index (χ3n) is 3.77. The molecule has 1 saturated heterocycles. The third kappa shape index (κ3) is 5.36. The van der Waals surface area contributed by atoms with E-state index in [1.807, 2.05) is 0 Å². The number of rotatable bonds is 7. The fourth-order valence-corrected chi connectivity index (χ4v) is 2.84. The van der Waals surface area contributed by atoms with E-state index in [1.54, 1.807) is 0 Å². The van der Waals surface area contributed by atoms with Crippen molar-refractivity contribution in [3.8, 4) is 0 Å². The van der Waals surface area contributed by atoms with E-state index in [-0.39, 0.29) is 12.6 Å². The van der Waals surface area contributed by atoms with Crippen molar-refractivity contribution in [3.05, 3.63) is 0 Å². The van der Waals surface area contributed by atoms with Crippen LogP contribution < -0.4 is 5.32 Å². The van der Waals surface area contributed by atoms with Gasteiger partial charge in [0.1, 0.15) is 0 Å². The van der Waals surface area contributed by atoms with Crippen LogP contribution in [-0.4, -0.2) is 47.8 Å². The van der Waals surface area contributed by atoms with Gasteiger partial charge in [-0.2, -0.15) is 0 Å². The fourth-order valence-electron chi connectivity index (χ4n) is 2.84. The normalized spacial score (nSPS) is 24.2. The number of nitrogens with one attached hydrogen (secondary N) is 1. The predicted octanol–water partition coefficient (Wildman–Crippen LogP) is 2.00. The molecule has 0 aliphatic carbocycles. The molecule has 2 N–H and O–H groups in total. The highest BCUT2D eigenvalue weighted by Gasteiger charge is 2.21. The fraction of sp³-hybridized carbons (Fsp3) is 1.00. The Morgan fingerprint density at radius 3 is 2.71 bits per heavy atom. The second-order valence-electron chi connectivity index (χ2n) is 5.58. The number of nitrogens with zero attached hydrogens (tertiary/aromatic N) is 1. The molecule has 1 aliphatic heterocycles. The molecule has 0 radical (unpaired) electrons. The van der Waals surface area contributed by atoms with Crippen molar-refractivity contribution in [1.29, 1.82) is 0 Å². The molecule has 2 atom stereocenters. The summed E-state index contributed by atoms with van der Waals surface area (Å²) in [6.07, 6.45) is 6.42. The van der Waals surface area contributed by atoms with E-state index in [1.165, 1.54) is 32.2 Å². The molecule has 3 nitrogen and oxygen atoms in total. The zero-order valence-corrected chi connectivity index (χ0v) is 11.8. The Balaban J connectivity index is 2.31. The molecule has 0 amide bonds. The molecule has 0 aromatic rings.